The van der Waals surface area contributed by atoms with Crippen molar-refractivity contribution in [2.45, 2.75) is 46.3 Å². The average Bonchev–Trinajstić information content (AvgIpc) is 2.73. The molecule has 0 spiro atoms. The number of rotatable bonds is 10. The second-order valence-electron chi connectivity index (χ2n) is 7.28. The van der Waals surface area contributed by atoms with Gasteiger partial charge in [-0.05, 0) is 55.2 Å². The van der Waals surface area contributed by atoms with Crippen LogP contribution >= 0.6 is 0 Å². The molecular weight excluding hydrogens is 426 g/mol. The van der Waals surface area contributed by atoms with Crippen LogP contribution in [0.15, 0.2) is 46.7 Å². The Labute approximate surface area is 184 Å². The van der Waals surface area contributed by atoms with Crippen molar-refractivity contribution in [3.05, 3.63) is 69.2 Å². The summed E-state index contributed by atoms with van der Waals surface area (Å²) in [7, 11) is 1.28. The second-order valence-corrected chi connectivity index (χ2v) is 7.28. The van der Waals surface area contributed by atoms with Crippen LogP contribution in [0, 0.1) is 12.7 Å². The molecule has 5 nitrogen and oxygen atoms in total. The molecule has 0 aliphatic rings. The minimum Gasteiger partial charge on any atom is -0.490 e. The molecule has 1 N–H and O–H groups in total. The summed E-state index contributed by atoms with van der Waals surface area (Å²) in [5.74, 6) is -1.56. The van der Waals surface area contributed by atoms with Crippen LogP contribution < -0.4 is 15.6 Å². The van der Waals surface area contributed by atoms with Gasteiger partial charge < -0.3 is 14.6 Å². The lowest BCUT2D eigenvalue weighted by molar-refractivity contribution is 0.349. The first-order valence-electron chi connectivity index (χ1n) is 10.2. The van der Waals surface area contributed by atoms with Gasteiger partial charge in [-0.25, -0.2) is 17.6 Å². The minimum absolute atomic E-state index is 0.00778. The molecule has 2 rings (SSSR count). The smallest absolute Gasteiger partial charge is 0.316 e. The highest BCUT2D eigenvalue weighted by Gasteiger charge is 2.14. The zero-order chi connectivity index (χ0) is 23.8. The van der Waals surface area contributed by atoms with Crippen molar-refractivity contribution >= 4 is 11.6 Å². The lowest BCUT2D eigenvalue weighted by atomic mass is 10.1. The number of aromatic nitrogens is 2. The van der Waals surface area contributed by atoms with Crippen LogP contribution in [0.1, 0.15) is 31.4 Å². The van der Waals surface area contributed by atoms with Gasteiger partial charge in [0.15, 0.2) is 0 Å². The zero-order valence-electron chi connectivity index (χ0n) is 18.5. The largest absolute Gasteiger partial charge is 0.490 e. The Kier molecular flexibility index (Phi) is 9.04. The van der Waals surface area contributed by atoms with Crippen LogP contribution in [0.4, 0.5) is 29.2 Å². The molecule has 32 heavy (non-hydrogen) atoms. The van der Waals surface area contributed by atoms with Crippen molar-refractivity contribution in [3.8, 4) is 5.75 Å². The van der Waals surface area contributed by atoms with Gasteiger partial charge in [-0.3, -0.25) is 4.79 Å². The Morgan fingerprint density at radius 3 is 2.69 bits per heavy atom. The number of halogens is 4. The summed E-state index contributed by atoms with van der Waals surface area (Å²) < 4.78 is 60.9. The summed E-state index contributed by atoms with van der Waals surface area (Å²) in [4.78, 5) is 16.2. The van der Waals surface area contributed by atoms with E-state index in [-0.39, 0.29) is 23.8 Å². The molecule has 0 amide bonds. The van der Waals surface area contributed by atoms with Gasteiger partial charge in [-0.15, -0.1) is 0 Å². The first-order valence-corrected chi connectivity index (χ1v) is 10.2. The molecule has 0 saturated heterocycles. The standard InChI is InChI=1S/C23H27F4N3O2/c1-5-6-17-9-14(2)20(11-19(17)27)28-23-29-22(31)21(32-4)13-30(23)12-16(7-8-24)10-18(26)15(3)25/h7,9-11,13,15H,5-6,8,12H2,1-4H3,(H,28,29,31)/b16-7+,18-10+. The molecular formula is C23H27F4N3O2. The Morgan fingerprint density at radius 2 is 2.09 bits per heavy atom. The Morgan fingerprint density at radius 1 is 1.38 bits per heavy atom. The van der Waals surface area contributed by atoms with Gasteiger partial charge in [0.05, 0.1) is 19.9 Å². The Hall–Kier alpha value is -3.10. The monoisotopic (exact) mass is 453 g/mol. The highest BCUT2D eigenvalue weighted by atomic mass is 19.2. The molecule has 0 saturated carbocycles. The van der Waals surface area contributed by atoms with E-state index in [1.165, 1.54) is 23.9 Å². The van der Waals surface area contributed by atoms with E-state index in [9.17, 15) is 22.4 Å². The van der Waals surface area contributed by atoms with Crippen molar-refractivity contribution in [2.24, 2.45) is 0 Å². The Balaban J connectivity index is 2.51. The van der Waals surface area contributed by atoms with Crippen LogP contribution in [0.25, 0.3) is 0 Å². The molecule has 1 aromatic heterocycles. The lowest BCUT2D eigenvalue weighted by Crippen LogP contribution is -2.19. The number of anilines is 2. The maximum absolute atomic E-state index is 14.5. The maximum atomic E-state index is 14.5. The predicted octanol–water partition coefficient (Wildman–Crippen LogP) is 5.50. The summed E-state index contributed by atoms with van der Waals surface area (Å²) >= 11 is 0. The summed E-state index contributed by atoms with van der Waals surface area (Å²) in [6.07, 6.45) is 2.80. The molecule has 9 heteroatoms. The van der Waals surface area contributed by atoms with Crippen molar-refractivity contribution in [3.63, 3.8) is 0 Å². The molecule has 0 radical (unpaired) electrons. The van der Waals surface area contributed by atoms with E-state index in [4.69, 9.17) is 4.74 Å². The minimum atomic E-state index is -1.86. The maximum Gasteiger partial charge on any atom is 0.316 e. The quantitative estimate of drug-likeness (QED) is 0.381. The number of methoxy groups -OCH3 is 1. The number of nitrogens with zero attached hydrogens (tertiary/aromatic N) is 2. The van der Waals surface area contributed by atoms with E-state index >= 15 is 0 Å². The predicted molar refractivity (Wildman–Crippen MR) is 117 cm³/mol. The highest BCUT2D eigenvalue weighted by molar-refractivity contribution is 5.60. The molecule has 1 heterocycles. The molecule has 1 aromatic carbocycles. The van der Waals surface area contributed by atoms with Crippen molar-refractivity contribution < 1.29 is 22.3 Å². The van der Waals surface area contributed by atoms with Crippen LogP contribution in [-0.4, -0.2) is 29.5 Å². The third-order valence-corrected chi connectivity index (χ3v) is 4.74. The fraction of sp³-hybridized carbons (Fsp3) is 0.391. The van der Waals surface area contributed by atoms with E-state index in [2.05, 4.69) is 10.3 Å². The summed E-state index contributed by atoms with van der Waals surface area (Å²) in [5.41, 5.74) is 1.12. The van der Waals surface area contributed by atoms with Crippen molar-refractivity contribution in [1.29, 1.82) is 0 Å². The summed E-state index contributed by atoms with van der Waals surface area (Å²) in [6, 6.07) is 3.02. The molecule has 0 aliphatic carbocycles. The highest BCUT2D eigenvalue weighted by Crippen LogP contribution is 2.25. The normalized spacial score (nSPS) is 13.2. The van der Waals surface area contributed by atoms with E-state index in [0.29, 0.717) is 17.7 Å². The van der Waals surface area contributed by atoms with Gasteiger partial charge in [-0.1, -0.05) is 19.4 Å². The van der Waals surface area contributed by atoms with Gasteiger partial charge in [-0.2, -0.15) is 4.98 Å². The molecule has 2 aromatic rings. The van der Waals surface area contributed by atoms with Gasteiger partial charge in [0.2, 0.25) is 11.7 Å². The summed E-state index contributed by atoms with van der Waals surface area (Å²) in [5, 5.41) is 2.91. The molecule has 0 bridgehead atoms. The fourth-order valence-corrected chi connectivity index (χ4v) is 3.05. The third kappa shape index (κ3) is 6.45. The van der Waals surface area contributed by atoms with Crippen LogP contribution in [0.5, 0.6) is 5.75 Å². The van der Waals surface area contributed by atoms with Crippen molar-refractivity contribution in [1.82, 2.24) is 9.55 Å². The number of nitrogens with one attached hydrogen (secondary N) is 1. The number of allylic oxidation sites excluding steroid dienone is 4. The Bertz CT molecular complexity index is 1060. The van der Waals surface area contributed by atoms with Gasteiger partial charge in [0, 0.05) is 5.69 Å². The molecule has 0 aliphatic heterocycles. The average molecular weight is 453 g/mol. The van der Waals surface area contributed by atoms with Crippen LogP contribution in [-0.2, 0) is 13.0 Å². The summed E-state index contributed by atoms with van der Waals surface area (Å²) in [6.45, 7) is 3.70. The SMILES string of the molecule is CCCc1cc(C)c(Nc2nc(=O)c(OC)cn2CC(=C/CF)/C=C(/F)C(C)F)cc1F. The molecule has 174 valence electrons. The van der Waals surface area contributed by atoms with Crippen molar-refractivity contribution in [2.75, 3.05) is 19.1 Å². The number of hydrogen-bond acceptors (Lipinski definition) is 4. The van der Waals surface area contributed by atoms with Gasteiger partial charge in [0.25, 0.3) is 0 Å². The molecule has 1 atom stereocenters. The van der Waals surface area contributed by atoms with E-state index in [1.807, 2.05) is 6.92 Å². The van der Waals surface area contributed by atoms with Gasteiger partial charge in [0.1, 0.15) is 24.5 Å². The molecule has 0 fully saturated rings. The van der Waals surface area contributed by atoms with Crippen LogP contribution in [0.3, 0.4) is 0 Å². The second kappa shape index (κ2) is 11.5. The van der Waals surface area contributed by atoms with Gasteiger partial charge >= 0.3 is 5.56 Å². The van der Waals surface area contributed by atoms with E-state index < -0.39 is 30.0 Å². The topological polar surface area (TPSA) is 56.1 Å². The first-order chi connectivity index (χ1) is 15.2. The van der Waals surface area contributed by atoms with E-state index in [0.717, 1.165) is 31.1 Å². The van der Waals surface area contributed by atoms with Crippen LogP contribution in [0.2, 0.25) is 0 Å². The van der Waals surface area contributed by atoms with E-state index in [1.54, 1.807) is 13.0 Å². The number of alkyl halides is 2. The third-order valence-electron chi connectivity index (χ3n) is 4.74. The fourth-order valence-electron chi connectivity index (χ4n) is 3.05. The number of ether oxygens (including phenoxy) is 1. The number of benzene rings is 1. The first kappa shape index (κ1) is 25.2. The zero-order valence-corrected chi connectivity index (χ0v) is 18.5. The molecule has 1 unspecified atom stereocenters. The lowest BCUT2D eigenvalue weighted by Gasteiger charge is -2.17. The number of hydrogen-bond donors (Lipinski definition) is 1. The number of aryl methyl sites for hydroxylation is 2.